The van der Waals surface area contributed by atoms with Crippen molar-refractivity contribution in [3.05, 3.63) is 87.7 Å². The maximum Gasteiger partial charge on any atom is 0.424 e. The molecule has 2 N–H and O–H groups in total. The quantitative estimate of drug-likeness (QED) is 0.190. The van der Waals surface area contributed by atoms with Crippen molar-refractivity contribution < 1.29 is 55.0 Å². The molecule has 0 unspecified atom stereocenters. The summed E-state index contributed by atoms with van der Waals surface area (Å²) in [5, 5.41) is 4.39. The minimum absolute atomic E-state index is 0.0780. The molecule has 52 heavy (non-hydrogen) atoms. The summed E-state index contributed by atoms with van der Waals surface area (Å²) < 4.78 is 92.4. The fourth-order valence-electron chi connectivity index (χ4n) is 4.90. The first-order chi connectivity index (χ1) is 23.7. The zero-order valence-electron chi connectivity index (χ0n) is 28.1. The van der Waals surface area contributed by atoms with Crippen molar-refractivity contribution in [1.82, 2.24) is 0 Å². The van der Waals surface area contributed by atoms with Gasteiger partial charge in [0.2, 0.25) is 5.91 Å². The van der Waals surface area contributed by atoms with E-state index in [0.29, 0.717) is 24.3 Å². The fourth-order valence-corrected chi connectivity index (χ4v) is 5.93. The van der Waals surface area contributed by atoms with E-state index in [1.54, 1.807) is 0 Å². The Morgan fingerprint density at radius 3 is 1.88 bits per heavy atom. The van der Waals surface area contributed by atoms with Gasteiger partial charge in [0.25, 0.3) is 5.91 Å². The molecule has 1 fully saturated rings. The van der Waals surface area contributed by atoms with Crippen molar-refractivity contribution in [3.63, 3.8) is 0 Å². The SMILES string of the molecule is CC(C)(C)OC(=O)N(C(=O)OC(C)(C)C)c1cc(NC(=O)c2cc(NC(=O)[C@H]3[C@H](c4ccc(F)c(C(F)(F)F)c4)C3(Cl)Cl)ccc2Cl)c(F)cc1F. The van der Waals surface area contributed by atoms with E-state index in [4.69, 9.17) is 44.3 Å². The van der Waals surface area contributed by atoms with Gasteiger partial charge in [0, 0.05) is 17.7 Å². The first-order valence-electron chi connectivity index (χ1n) is 15.1. The molecule has 1 saturated carbocycles. The van der Waals surface area contributed by atoms with Gasteiger partial charge in [-0.3, -0.25) is 9.59 Å². The zero-order valence-corrected chi connectivity index (χ0v) is 30.3. The van der Waals surface area contributed by atoms with Crippen LogP contribution in [0.2, 0.25) is 5.02 Å². The molecule has 0 bridgehead atoms. The summed E-state index contributed by atoms with van der Waals surface area (Å²) in [5.74, 6) is -8.68. The third-order valence-corrected chi connectivity index (χ3v) is 8.42. The smallest absolute Gasteiger partial charge is 0.424 e. The maximum absolute atomic E-state index is 15.2. The van der Waals surface area contributed by atoms with Crippen LogP contribution in [0.3, 0.4) is 0 Å². The number of nitrogens with one attached hydrogen (secondary N) is 2. The summed E-state index contributed by atoms with van der Waals surface area (Å²) in [6.45, 7) is 8.88. The molecule has 3 aromatic carbocycles. The van der Waals surface area contributed by atoms with Crippen molar-refractivity contribution in [2.75, 3.05) is 15.5 Å². The van der Waals surface area contributed by atoms with E-state index in [1.165, 1.54) is 53.7 Å². The van der Waals surface area contributed by atoms with Crippen LogP contribution in [0, 0.1) is 23.4 Å². The van der Waals surface area contributed by atoms with Crippen LogP contribution >= 0.6 is 34.8 Å². The van der Waals surface area contributed by atoms with Crippen LogP contribution in [-0.4, -0.2) is 39.5 Å². The predicted octanol–water partition coefficient (Wildman–Crippen LogP) is 10.2. The van der Waals surface area contributed by atoms with Crippen molar-refractivity contribution in [3.8, 4) is 0 Å². The molecule has 1 aliphatic carbocycles. The largest absolute Gasteiger partial charge is 0.443 e. The highest BCUT2D eigenvalue weighted by Gasteiger charge is 2.67. The molecule has 3 aromatic rings. The molecule has 9 nitrogen and oxygen atoms in total. The summed E-state index contributed by atoms with van der Waals surface area (Å²) in [6, 6.07) is 6.58. The van der Waals surface area contributed by atoms with Crippen molar-refractivity contribution in [2.45, 2.75) is 69.2 Å². The summed E-state index contributed by atoms with van der Waals surface area (Å²) in [4.78, 5) is 52.8. The molecule has 0 saturated heterocycles. The molecule has 0 spiro atoms. The Labute approximate surface area is 308 Å². The van der Waals surface area contributed by atoms with Gasteiger partial charge < -0.3 is 20.1 Å². The Bertz CT molecular complexity index is 1920. The van der Waals surface area contributed by atoms with Crippen LogP contribution in [-0.2, 0) is 20.4 Å². The Morgan fingerprint density at radius 2 is 1.35 bits per heavy atom. The fraction of sp³-hybridized carbons (Fsp3) is 0.353. The predicted molar refractivity (Wildman–Crippen MR) is 181 cm³/mol. The van der Waals surface area contributed by atoms with Gasteiger partial charge in [-0.25, -0.2) is 22.8 Å². The van der Waals surface area contributed by atoms with E-state index >= 15 is 8.78 Å². The van der Waals surface area contributed by atoms with Crippen LogP contribution in [0.1, 0.15) is 68.9 Å². The average Bonchev–Trinajstić information content (AvgIpc) is 3.55. The number of anilines is 3. The lowest BCUT2D eigenvalue weighted by molar-refractivity contribution is -0.140. The lowest BCUT2D eigenvalue weighted by Crippen LogP contribution is -2.44. The van der Waals surface area contributed by atoms with Crippen LogP contribution in [0.15, 0.2) is 48.5 Å². The van der Waals surface area contributed by atoms with E-state index in [2.05, 4.69) is 10.6 Å². The summed E-state index contributed by atoms with van der Waals surface area (Å²) in [6.07, 6.45) is -7.76. The Morgan fingerprint density at radius 1 is 0.769 bits per heavy atom. The first kappa shape index (κ1) is 40.6. The van der Waals surface area contributed by atoms with Gasteiger partial charge in [-0.2, -0.15) is 18.1 Å². The van der Waals surface area contributed by atoms with Crippen molar-refractivity contribution in [2.24, 2.45) is 5.92 Å². The number of alkyl halides is 5. The number of nitrogens with zero attached hydrogens (tertiary/aromatic N) is 1. The van der Waals surface area contributed by atoms with Crippen LogP contribution in [0.5, 0.6) is 0 Å². The maximum atomic E-state index is 15.2. The van der Waals surface area contributed by atoms with Gasteiger partial charge in [0.05, 0.1) is 33.4 Å². The highest BCUT2D eigenvalue weighted by molar-refractivity contribution is 6.53. The second kappa shape index (κ2) is 14.3. The first-order valence-corrected chi connectivity index (χ1v) is 16.3. The van der Waals surface area contributed by atoms with Crippen LogP contribution in [0.4, 0.5) is 53.0 Å². The molecular weight excluding hydrogens is 767 g/mol. The van der Waals surface area contributed by atoms with Crippen LogP contribution < -0.4 is 15.5 Å². The minimum Gasteiger partial charge on any atom is -0.443 e. The number of carbonyl (C=O) groups excluding carboxylic acids is 4. The normalized spacial score (nSPS) is 16.8. The topological polar surface area (TPSA) is 114 Å². The van der Waals surface area contributed by atoms with Crippen molar-refractivity contribution >= 4 is 75.9 Å². The Kier molecular flexibility index (Phi) is 11.2. The number of imide groups is 1. The lowest BCUT2D eigenvalue weighted by atomic mass is 10.0. The van der Waals surface area contributed by atoms with Gasteiger partial charge in [0.1, 0.15) is 27.2 Å². The van der Waals surface area contributed by atoms with E-state index in [0.717, 1.165) is 12.1 Å². The van der Waals surface area contributed by atoms with E-state index in [9.17, 15) is 36.7 Å². The van der Waals surface area contributed by atoms with Gasteiger partial charge >= 0.3 is 18.4 Å². The van der Waals surface area contributed by atoms with Gasteiger partial charge in [-0.1, -0.05) is 17.7 Å². The third-order valence-electron chi connectivity index (χ3n) is 7.15. The highest BCUT2D eigenvalue weighted by Crippen LogP contribution is 2.65. The molecule has 0 radical (unpaired) electrons. The second-order valence-corrected chi connectivity index (χ2v) is 15.4. The summed E-state index contributed by atoms with van der Waals surface area (Å²) in [5.41, 5.74) is -6.01. The van der Waals surface area contributed by atoms with Crippen molar-refractivity contribution in [1.29, 1.82) is 0 Å². The van der Waals surface area contributed by atoms with E-state index in [1.807, 2.05) is 0 Å². The monoisotopic (exact) mass is 795 g/mol. The van der Waals surface area contributed by atoms with Gasteiger partial charge in [-0.05, 0) is 83.5 Å². The number of amides is 4. The molecule has 0 aromatic heterocycles. The molecule has 2 atom stereocenters. The third kappa shape index (κ3) is 9.22. The number of hydrogen-bond donors (Lipinski definition) is 2. The number of ether oxygens (including phenoxy) is 2. The molecule has 0 aliphatic heterocycles. The van der Waals surface area contributed by atoms with Crippen LogP contribution in [0.25, 0.3) is 0 Å². The molecule has 280 valence electrons. The zero-order chi connectivity index (χ0) is 39.3. The molecule has 4 amide bonds. The standard InChI is InChI=1S/C34H30Cl3F6N3O6/c1-31(2,3)51-29(49)46(30(50)52-32(4,5)6)24-14-23(21(39)13-22(24)40)45-27(47)17-12-16(8-9-19(17)35)44-28(48)26-25(33(26,36)37)15-7-10-20(38)18(11-15)34(41,42)43/h7-14,25-26H,1-6H3,(H,44,48)(H,45,47)/t25-,26+/m0/s1. The second-order valence-electron chi connectivity index (χ2n) is 13.6. The number of benzene rings is 3. The number of hydrogen-bond acceptors (Lipinski definition) is 6. The minimum atomic E-state index is -5.03. The Hall–Kier alpha value is -4.21. The number of halogens is 9. The number of rotatable bonds is 6. The molecule has 4 rings (SSSR count). The number of carbonyl (C=O) groups is 4. The lowest BCUT2D eigenvalue weighted by Gasteiger charge is -2.29. The molecule has 18 heteroatoms. The van der Waals surface area contributed by atoms with Gasteiger partial charge in [0.15, 0.2) is 5.82 Å². The summed E-state index contributed by atoms with van der Waals surface area (Å²) in [7, 11) is 0. The molecule has 0 heterocycles. The van der Waals surface area contributed by atoms with E-state index in [-0.39, 0.29) is 26.7 Å². The average molecular weight is 797 g/mol. The Balaban J connectivity index is 1.60. The highest BCUT2D eigenvalue weighted by atomic mass is 35.5. The van der Waals surface area contributed by atoms with E-state index < -0.39 is 91.9 Å². The van der Waals surface area contributed by atoms with Gasteiger partial charge in [-0.15, -0.1) is 23.2 Å². The molecular formula is C34H30Cl3F6N3O6. The molecule has 1 aliphatic rings. The summed E-state index contributed by atoms with van der Waals surface area (Å²) >= 11 is 18.7.